The standard InChI is InChI=1S/C24H29N3O4S/c1-8-15-10-9-11-16-12-20(27(5)21(15)16)23(28)25-18-13-17(24(2,3)4)14-19(22(18)31-6)26-32(7,29)30/h8-14,26H,1H2,2-7H3,(H,25,28). The fourth-order valence-corrected chi connectivity index (χ4v) is 4.22. The van der Waals surface area contributed by atoms with Crippen molar-refractivity contribution < 1.29 is 17.9 Å². The third-order valence-electron chi connectivity index (χ3n) is 5.24. The van der Waals surface area contributed by atoms with Crippen LogP contribution in [0.2, 0.25) is 0 Å². The molecule has 2 N–H and O–H groups in total. The van der Waals surface area contributed by atoms with Crippen LogP contribution < -0.4 is 14.8 Å². The number of ether oxygens (including phenoxy) is 1. The van der Waals surface area contributed by atoms with Crippen molar-refractivity contribution >= 4 is 44.3 Å². The van der Waals surface area contributed by atoms with Crippen LogP contribution in [0.4, 0.5) is 11.4 Å². The van der Waals surface area contributed by atoms with Gasteiger partial charge in [-0.25, -0.2) is 8.42 Å². The van der Waals surface area contributed by atoms with Gasteiger partial charge in [0.1, 0.15) is 5.69 Å². The van der Waals surface area contributed by atoms with Gasteiger partial charge in [0.05, 0.1) is 30.3 Å². The van der Waals surface area contributed by atoms with Gasteiger partial charge in [-0.3, -0.25) is 9.52 Å². The first-order chi connectivity index (χ1) is 14.9. The molecule has 1 amide bonds. The molecule has 170 valence electrons. The summed E-state index contributed by atoms with van der Waals surface area (Å²) in [6, 6.07) is 11.1. The molecule has 2 aromatic carbocycles. The van der Waals surface area contributed by atoms with E-state index in [1.807, 2.05) is 62.7 Å². The summed E-state index contributed by atoms with van der Waals surface area (Å²) in [7, 11) is -0.301. The van der Waals surface area contributed by atoms with Crippen molar-refractivity contribution in [2.45, 2.75) is 26.2 Å². The van der Waals surface area contributed by atoms with Gasteiger partial charge in [0.25, 0.3) is 5.91 Å². The first kappa shape index (κ1) is 23.4. The molecule has 0 fully saturated rings. The number of nitrogens with one attached hydrogen (secondary N) is 2. The van der Waals surface area contributed by atoms with Crippen molar-refractivity contribution in [3.63, 3.8) is 0 Å². The number of carbonyl (C=O) groups excluding carboxylic acids is 1. The van der Waals surface area contributed by atoms with Crippen LogP contribution in [0, 0.1) is 0 Å². The number of fused-ring (bicyclic) bond motifs is 1. The molecule has 7 nitrogen and oxygen atoms in total. The number of anilines is 2. The van der Waals surface area contributed by atoms with E-state index in [0.717, 1.165) is 28.3 Å². The summed E-state index contributed by atoms with van der Waals surface area (Å²) in [5, 5.41) is 3.83. The molecule has 8 heteroatoms. The maximum atomic E-state index is 13.3. The second-order valence-corrected chi connectivity index (χ2v) is 10.5. The summed E-state index contributed by atoms with van der Waals surface area (Å²) in [6.07, 6.45) is 2.82. The minimum absolute atomic E-state index is 0.238. The van der Waals surface area contributed by atoms with Gasteiger partial charge in [-0.1, -0.05) is 51.6 Å². The van der Waals surface area contributed by atoms with Crippen LogP contribution in [0.1, 0.15) is 42.4 Å². The van der Waals surface area contributed by atoms with E-state index in [1.165, 1.54) is 7.11 Å². The van der Waals surface area contributed by atoms with Crippen LogP contribution >= 0.6 is 0 Å². The number of aromatic nitrogens is 1. The van der Waals surface area contributed by atoms with Gasteiger partial charge in [0.15, 0.2) is 5.75 Å². The highest BCUT2D eigenvalue weighted by atomic mass is 32.2. The van der Waals surface area contributed by atoms with E-state index in [2.05, 4.69) is 16.6 Å². The normalized spacial score (nSPS) is 11.9. The molecule has 3 rings (SSSR count). The van der Waals surface area contributed by atoms with E-state index in [1.54, 1.807) is 12.1 Å². The highest BCUT2D eigenvalue weighted by molar-refractivity contribution is 7.92. The van der Waals surface area contributed by atoms with Crippen molar-refractivity contribution in [2.75, 3.05) is 23.4 Å². The molecular formula is C24H29N3O4S. The average molecular weight is 456 g/mol. The number of para-hydroxylation sites is 1. The first-order valence-corrected chi connectivity index (χ1v) is 12.0. The molecule has 1 aromatic heterocycles. The molecule has 32 heavy (non-hydrogen) atoms. The van der Waals surface area contributed by atoms with E-state index < -0.39 is 10.0 Å². The summed E-state index contributed by atoms with van der Waals surface area (Å²) < 4.78 is 33.6. The molecule has 0 bridgehead atoms. The number of nitrogens with zero attached hydrogens (tertiary/aromatic N) is 1. The Hall–Kier alpha value is -3.26. The third kappa shape index (κ3) is 4.65. The maximum Gasteiger partial charge on any atom is 0.272 e. The van der Waals surface area contributed by atoms with Crippen molar-refractivity contribution in [1.82, 2.24) is 4.57 Å². The van der Waals surface area contributed by atoms with Crippen LogP contribution in [-0.4, -0.2) is 32.3 Å². The molecule has 0 atom stereocenters. The largest absolute Gasteiger partial charge is 0.492 e. The highest BCUT2D eigenvalue weighted by Gasteiger charge is 2.23. The molecule has 1 heterocycles. The molecule has 0 saturated heterocycles. The number of benzene rings is 2. The number of carbonyl (C=O) groups is 1. The number of hydrogen-bond donors (Lipinski definition) is 2. The fourth-order valence-electron chi connectivity index (χ4n) is 3.67. The predicted octanol–water partition coefficient (Wildman–Crippen LogP) is 4.75. The quantitative estimate of drug-likeness (QED) is 0.561. The highest BCUT2D eigenvalue weighted by Crippen LogP contribution is 2.39. The van der Waals surface area contributed by atoms with Crippen molar-refractivity contribution in [3.05, 3.63) is 59.8 Å². The van der Waals surface area contributed by atoms with Gasteiger partial charge in [-0.2, -0.15) is 0 Å². The van der Waals surface area contributed by atoms with Crippen molar-refractivity contribution in [3.8, 4) is 5.75 Å². The minimum atomic E-state index is -3.56. The summed E-state index contributed by atoms with van der Waals surface area (Å²) in [6.45, 7) is 9.87. The number of sulfonamides is 1. The number of methoxy groups -OCH3 is 1. The molecule has 0 saturated carbocycles. The molecule has 0 spiro atoms. The van der Waals surface area contributed by atoms with E-state index in [0.29, 0.717) is 11.4 Å². The van der Waals surface area contributed by atoms with Gasteiger partial charge in [-0.15, -0.1) is 0 Å². The maximum absolute atomic E-state index is 13.3. The van der Waals surface area contributed by atoms with Gasteiger partial charge >= 0.3 is 0 Å². The van der Waals surface area contributed by atoms with Gasteiger partial charge < -0.3 is 14.6 Å². The smallest absolute Gasteiger partial charge is 0.272 e. The second-order valence-electron chi connectivity index (χ2n) is 8.76. The topological polar surface area (TPSA) is 89.4 Å². The molecule has 3 aromatic rings. The SMILES string of the molecule is C=Cc1cccc2cc(C(=O)Nc3cc(C(C)(C)C)cc(NS(C)(=O)=O)c3OC)n(C)c12. The number of amides is 1. The molecule has 0 aliphatic heterocycles. The average Bonchev–Trinajstić information content (AvgIpc) is 3.03. The minimum Gasteiger partial charge on any atom is -0.492 e. The van der Waals surface area contributed by atoms with E-state index in [4.69, 9.17) is 4.74 Å². The lowest BCUT2D eigenvalue weighted by Crippen LogP contribution is -2.19. The zero-order valence-corrected chi connectivity index (χ0v) is 20.1. The Morgan fingerprint density at radius 2 is 1.81 bits per heavy atom. The number of rotatable bonds is 6. The van der Waals surface area contributed by atoms with Crippen LogP contribution in [0.3, 0.4) is 0 Å². The number of aryl methyl sites for hydroxylation is 1. The van der Waals surface area contributed by atoms with Crippen LogP contribution in [0.5, 0.6) is 5.75 Å². The monoisotopic (exact) mass is 455 g/mol. The summed E-state index contributed by atoms with van der Waals surface area (Å²) >= 11 is 0. The van der Waals surface area contributed by atoms with Gasteiger partial charge in [0.2, 0.25) is 10.0 Å². The Bertz CT molecular complexity index is 1320. The van der Waals surface area contributed by atoms with Gasteiger partial charge in [-0.05, 0) is 34.7 Å². The van der Waals surface area contributed by atoms with E-state index in [9.17, 15) is 13.2 Å². The molecule has 0 unspecified atom stereocenters. The Balaban J connectivity index is 2.12. The predicted molar refractivity (Wildman–Crippen MR) is 131 cm³/mol. The van der Waals surface area contributed by atoms with Crippen molar-refractivity contribution in [2.24, 2.45) is 7.05 Å². The molecule has 0 radical (unpaired) electrons. The molecular weight excluding hydrogens is 426 g/mol. The number of hydrogen-bond acceptors (Lipinski definition) is 4. The van der Waals surface area contributed by atoms with E-state index >= 15 is 0 Å². The lowest BCUT2D eigenvalue weighted by atomic mass is 9.86. The summed E-state index contributed by atoms with van der Waals surface area (Å²) in [5.41, 5.74) is 3.48. The zero-order valence-electron chi connectivity index (χ0n) is 19.2. The molecule has 0 aliphatic carbocycles. The molecule has 0 aliphatic rings. The van der Waals surface area contributed by atoms with E-state index in [-0.39, 0.29) is 22.8 Å². The lowest BCUT2D eigenvalue weighted by molar-refractivity contribution is 0.101. The van der Waals surface area contributed by atoms with Crippen LogP contribution in [-0.2, 0) is 22.5 Å². The Morgan fingerprint density at radius 3 is 2.38 bits per heavy atom. The van der Waals surface area contributed by atoms with Crippen molar-refractivity contribution in [1.29, 1.82) is 0 Å². The second kappa shape index (κ2) is 8.35. The Morgan fingerprint density at radius 1 is 1.16 bits per heavy atom. The third-order valence-corrected chi connectivity index (χ3v) is 5.83. The fraction of sp³-hybridized carbons (Fsp3) is 0.292. The Labute approximate surface area is 189 Å². The first-order valence-electron chi connectivity index (χ1n) is 10.1. The lowest BCUT2D eigenvalue weighted by Gasteiger charge is -2.24. The van der Waals surface area contributed by atoms with Crippen LogP contribution in [0.15, 0.2) is 43.0 Å². The Kier molecular flexibility index (Phi) is 6.11. The van der Waals surface area contributed by atoms with Crippen LogP contribution in [0.25, 0.3) is 17.0 Å². The van der Waals surface area contributed by atoms with Gasteiger partial charge in [0, 0.05) is 12.4 Å². The zero-order chi connectivity index (χ0) is 23.8. The summed E-state index contributed by atoms with van der Waals surface area (Å²) in [5.74, 6) is -0.101. The summed E-state index contributed by atoms with van der Waals surface area (Å²) in [4.78, 5) is 13.3.